The summed E-state index contributed by atoms with van der Waals surface area (Å²) < 4.78 is 4.96. The van der Waals surface area contributed by atoms with Gasteiger partial charge in [0.15, 0.2) is 0 Å². The zero-order chi connectivity index (χ0) is 28.8. The van der Waals surface area contributed by atoms with Crippen molar-refractivity contribution < 1.29 is 29.3 Å². The summed E-state index contributed by atoms with van der Waals surface area (Å²) in [6.07, 6.45) is 4.63. The van der Waals surface area contributed by atoms with Crippen LogP contribution in [0.25, 0.3) is 0 Å². The van der Waals surface area contributed by atoms with E-state index < -0.39 is 42.3 Å². The average molecular weight is 542 g/mol. The van der Waals surface area contributed by atoms with Crippen LogP contribution in [0.1, 0.15) is 106 Å². The molecule has 1 saturated carbocycles. The van der Waals surface area contributed by atoms with E-state index in [9.17, 15) is 24.6 Å². The van der Waals surface area contributed by atoms with Crippen LogP contribution in [0.4, 0.5) is 4.79 Å². The maximum absolute atomic E-state index is 13.6. The molecule has 0 heterocycles. The van der Waals surface area contributed by atoms with E-state index in [1.807, 2.05) is 41.5 Å². The van der Waals surface area contributed by atoms with E-state index in [1.54, 1.807) is 6.92 Å². The quantitative estimate of drug-likeness (QED) is 0.201. The Kier molecular flexibility index (Phi) is 15.9. The predicted octanol–water partition coefficient (Wildman–Crippen LogP) is 3.90. The van der Waals surface area contributed by atoms with Gasteiger partial charge >= 0.3 is 6.09 Å². The summed E-state index contributed by atoms with van der Waals surface area (Å²) in [5, 5.41) is 30.2. The fraction of sp³-hybridized carbons (Fsp3) is 0.897. The van der Waals surface area contributed by atoms with Crippen molar-refractivity contribution in [3.63, 3.8) is 0 Å². The van der Waals surface area contributed by atoms with Crippen LogP contribution in [0, 0.1) is 23.7 Å². The van der Waals surface area contributed by atoms with E-state index in [-0.39, 0.29) is 30.3 Å². The minimum atomic E-state index is -1.10. The van der Waals surface area contributed by atoms with Crippen LogP contribution in [0.3, 0.4) is 0 Å². The zero-order valence-electron chi connectivity index (χ0n) is 24.8. The number of aliphatic hydroxyl groups excluding tert-OH is 2. The number of aliphatic hydroxyl groups is 2. The second-order valence-electron chi connectivity index (χ2n) is 12.3. The Morgan fingerprint density at radius 3 is 1.76 bits per heavy atom. The zero-order valence-corrected chi connectivity index (χ0v) is 24.8. The molecule has 0 saturated heterocycles. The van der Waals surface area contributed by atoms with Gasteiger partial charge in [-0.3, -0.25) is 9.59 Å². The second kappa shape index (κ2) is 17.7. The van der Waals surface area contributed by atoms with Crippen molar-refractivity contribution in [2.75, 3.05) is 6.61 Å². The summed E-state index contributed by atoms with van der Waals surface area (Å²) in [5.74, 6) is -0.0241. The van der Waals surface area contributed by atoms with Crippen LogP contribution in [0.2, 0.25) is 0 Å². The number of carbonyl (C=O) groups excluding carboxylic acids is 3. The summed E-state index contributed by atoms with van der Waals surface area (Å²) in [6.45, 7) is 13.7. The van der Waals surface area contributed by atoms with Gasteiger partial charge in [-0.1, -0.05) is 73.6 Å². The SMILES string of the molecule is CCOC(=O)N[C@@H](CC(C)C)C(=O)N[C@@H](CC(C)C)C(=O)N[C@@H](CC1CCCCC1)[C@@H](O)[C@@H](O)CC(C)C. The lowest BCUT2D eigenvalue weighted by Crippen LogP contribution is -2.58. The molecule has 0 radical (unpaired) electrons. The molecule has 222 valence electrons. The summed E-state index contributed by atoms with van der Waals surface area (Å²) in [5.41, 5.74) is 0. The Hall–Kier alpha value is -1.87. The first kappa shape index (κ1) is 34.2. The maximum Gasteiger partial charge on any atom is 0.407 e. The molecule has 9 nitrogen and oxygen atoms in total. The Bertz CT molecular complexity index is 708. The van der Waals surface area contributed by atoms with Crippen LogP contribution >= 0.6 is 0 Å². The molecule has 9 heteroatoms. The Balaban J connectivity index is 3.07. The van der Waals surface area contributed by atoms with E-state index >= 15 is 0 Å². The van der Waals surface area contributed by atoms with Gasteiger partial charge < -0.3 is 30.9 Å². The Morgan fingerprint density at radius 1 is 0.763 bits per heavy atom. The first-order chi connectivity index (χ1) is 17.8. The minimum Gasteiger partial charge on any atom is -0.450 e. The van der Waals surface area contributed by atoms with Crippen molar-refractivity contribution in [3.8, 4) is 0 Å². The van der Waals surface area contributed by atoms with E-state index in [4.69, 9.17) is 4.74 Å². The fourth-order valence-electron chi connectivity index (χ4n) is 5.23. The summed E-state index contributed by atoms with van der Waals surface area (Å²) >= 11 is 0. The molecule has 5 atom stereocenters. The molecule has 1 rings (SSSR count). The monoisotopic (exact) mass is 541 g/mol. The number of nitrogens with one attached hydrogen (secondary N) is 3. The van der Waals surface area contributed by atoms with Gasteiger partial charge in [0.2, 0.25) is 11.8 Å². The van der Waals surface area contributed by atoms with Gasteiger partial charge in [0.1, 0.15) is 18.2 Å². The molecule has 3 amide bonds. The smallest absolute Gasteiger partial charge is 0.407 e. The van der Waals surface area contributed by atoms with Gasteiger partial charge in [-0.05, 0) is 56.3 Å². The molecule has 1 aliphatic rings. The Labute approximate surface area is 230 Å². The molecule has 0 aromatic heterocycles. The molecule has 0 aromatic rings. The van der Waals surface area contributed by atoms with E-state index in [2.05, 4.69) is 16.0 Å². The van der Waals surface area contributed by atoms with Crippen LogP contribution in [0.5, 0.6) is 0 Å². The third-order valence-corrected chi connectivity index (χ3v) is 7.09. The molecule has 0 aromatic carbocycles. The minimum absolute atomic E-state index is 0.112. The molecule has 0 bridgehead atoms. The number of amides is 3. The van der Waals surface area contributed by atoms with Gasteiger partial charge in [0.05, 0.1) is 18.8 Å². The van der Waals surface area contributed by atoms with Crippen LogP contribution in [0.15, 0.2) is 0 Å². The van der Waals surface area contributed by atoms with Crippen molar-refractivity contribution in [1.29, 1.82) is 0 Å². The maximum atomic E-state index is 13.6. The van der Waals surface area contributed by atoms with Crippen molar-refractivity contribution in [1.82, 2.24) is 16.0 Å². The third kappa shape index (κ3) is 13.3. The molecule has 5 N–H and O–H groups in total. The third-order valence-electron chi connectivity index (χ3n) is 7.09. The predicted molar refractivity (Wildman–Crippen MR) is 149 cm³/mol. The molecular weight excluding hydrogens is 486 g/mol. The van der Waals surface area contributed by atoms with E-state index in [0.717, 1.165) is 25.7 Å². The number of ether oxygens (including phenoxy) is 1. The number of hydrogen-bond donors (Lipinski definition) is 5. The summed E-state index contributed by atoms with van der Waals surface area (Å²) in [4.78, 5) is 38.8. The Morgan fingerprint density at radius 2 is 1.26 bits per heavy atom. The van der Waals surface area contributed by atoms with Crippen molar-refractivity contribution in [2.24, 2.45) is 23.7 Å². The van der Waals surface area contributed by atoms with Gasteiger partial charge in [0.25, 0.3) is 0 Å². The first-order valence-corrected chi connectivity index (χ1v) is 14.7. The largest absolute Gasteiger partial charge is 0.450 e. The summed E-state index contributed by atoms with van der Waals surface area (Å²) in [6, 6.07) is -2.30. The molecule has 0 spiro atoms. The van der Waals surface area contributed by atoms with Gasteiger partial charge in [-0.15, -0.1) is 0 Å². The molecule has 1 aliphatic carbocycles. The highest BCUT2D eigenvalue weighted by Gasteiger charge is 2.34. The van der Waals surface area contributed by atoms with Crippen LogP contribution in [-0.2, 0) is 14.3 Å². The molecule has 0 unspecified atom stereocenters. The van der Waals surface area contributed by atoms with Crippen molar-refractivity contribution in [3.05, 3.63) is 0 Å². The molecule has 1 fully saturated rings. The number of carbonyl (C=O) groups is 3. The first-order valence-electron chi connectivity index (χ1n) is 14.7. The highest BCUT2D eigenvalue weighted by molar-refractivity contribution is 5.91. The fourth-order valence-corrected chi connectivity index (χ4v) is 5.23. The van der Waals surface area contributed by atoms with Gasteiger partial charge in [-0.25, -0.2) is 4.79 Å². The van der Waals surface area contributed by atoms with E-state index in [0.29, 0.717) is 31.6 Å². The second-order valence-corrected chi connectivity index (χ2v) is 12.3. The van der Waals surface area contributed by atoms with Crippen molar-refractivity contribution in [2.45, 2.75) is 137 Å². The number of rotatable bonds is 16. The standard InChI is InChI=1S/C29H55N3O6/c1-8-38-29(37)32-24(15-19(4)5)28(36)31-23(14-18(2)3)27(35)30-22(17-21-12-10-9-11-13-21)26(34)25(33)16-20(6)7/h18-26,33-34H,8-17H2,1-7H3,(H,30,35)(H,31,36)(H,32,37)/t22-,23-,24-,25-,26+/m0/s1. The van der Waals surface area contributed by atoms with Crippen LogP contribution in [-0.4, -0.2) is 65.1 Å². The van der Waals surface area contributed by atoms with Gasteiger partial charge in [-0.2, -0.15) is 0 Å². The summed E-state index contributed by atoms with van der Waals surface area (Å²) in [7, 11) is 0. The lowest BCUT2D eigenvalue weighted by molar-refractivity contribution is -0.132. The molecular formula is C29H55N3O6. The number of alkyl carbamates (subject to hydrolysis) is 1. The van der Waals surface area contributed by atoms with E-state index in [1.165, 1.54) is 6.42 Å². The lowest BCUT2D eigenvalue weighted by atomic mass is 9.82. The highest BCUT2D eigenvalue weighted by atomic mass is 16.5. The average Bonchev–Trinajstić information content (AvgIpc) is 2.82. The van der Waals surface area contributed by atoms with Crippen molar-refractivity contribution >= 4 is 17.9 Å². The highest BCUT2D eigenvalue weighted by Crippen LogP contribution is 2.29. The topological polar surface area (TPSA) is 137 Å². The normalized spacial score (nSPS) is 18.5. The molecule has 0 aliphatic heterocycles. The lowest BCUT2D eigenvalue weighted by Gasteiger charge is -2.34. The van der Waals surface area contributed by atoms with Gasteiger partial charge in [0, 0.05) is 0 Å². The van der Waals surface area contributed by atoms with Crippen LogP contribution < -0.4 is 16.0 Å². The number of hydrogen-bond acceptors (Lipinski definition) is 6. The molecule has 38 heavy (non-hydrogen) atoms.